The van der Waals surface area contributed by atoms with E-state index in [0.29, 0.717) is 19.5 Å². The van der Waals surface area contributed by atoms with Gasteiger partial charge in [-0.15, -0.1) is 0 Å². The van der Waals surface area contributed by atoms with Gasteiger partial charge in [0.25, 0.3) is 0 Å². The minimum Gasteiger partial charge on any atom is -0.391 e. The van der Waals surface area contributed by atoms with Crippen LogP contribution in [-0.4, -0.2) is 35.1 Å². The number of β-amino-alcohol motifs (C(OH)–C–C–N with tert-alkyl or cyclic N) is 1. The van der Waals surface area contributed by atoms with Crippen molar-refractivity contribution in [1.82, 2.24) is 4.90 Å². The Morgan fingerprint density at radius 2 is 2.31 bits per heavy atom. The summed E-state index contributed by atoms with van der Waals surface area (Å²) < 4.78 is 12.9. The van der Waals surface area contributed by atoms with E-state index in [1.807, 2.05) is 6.07 Å². The third kappa shape index (κ3) is 2.58. The number of nitrogens with zero attached hydrogens (tertiary/aromatic N) is 1. The van der Waals surface area contributed by atoms with Gasteiger partial charge in [-0.05, 0) is 24.1 Å². The Morgan fingerprint density at radius 1 is 1.50 bits per heavy atom. The predicted octanol–water partition coefficient (Wildman–Crippen LogP) is 0.961. The smallest absolute Gasteiger partial charge is 0.225 e. The first-order chi connectivity index (χ1) is 7.65. The van der Waals surface area contributed by atoms with Crippen LogP contribution in [0.2, 0.25) is 0 Å². The van der Waals surface area contributed by atoms with Gasteiger partial charge in [0.2, 0.25) is 5.91 Å². The fraction of sp³-hybridized carbons (Fsp3) is 0.417. The first kappa shape index (κ1) is 11.1. The van der Waals surface area contributed by atoms with Crippen LogP contribution in [0.3, 0.4) is 0 Å². The molecule has 3 nitrogen and oxygen atoms in total. The molecule has 86 valence electrons. The van der Waals surface area contributed by atoms with Crippen LogP contribution in [0.15, 0.2) is 24.3 Å². The molecule has 1 saturated heterocycles. The Morgan fingerprint density at radius 3 is 2.94 bits per heavy atom. The van der Waals surface area contributed by atoms with E-state index in [1.165, 1.54) is 12.1 Å². The molecule has 4 heteroatoms. The number of hydrogen-bond acceptors (Lipinski definition) is 2. The van der Waals surface area contributed by atoms with Crippen molar-refractivity contribution in [3.8, 4) is 0 Å². The average Bonchev–Trinajstić information content (AvgIpc) is 2.54. The highest BCUT2D eigenvalue weighted by molar-refractivity contribution is 5.79. The quantitative estimate of drug-likeness (QED) is 0.829. The molecule has 1 amide bonds. The monoisotopic (exact) mass is 223 g/mol. The molecule has 1 N–H and O–H groups in total. The van der Waals surface area contributed by atoms with Crippen molar-refractivity contribution in [2.75, 3.05) is 13.1 Å². The van der Waals surface area contributed by atoms with Crippen LogP contribution in [0.25, 0.3) is 0 Å². The molecule has 1 atom stereocenters. The van der Waals surface area contributed by atoms with E-state index in [0.717, 1.165) is 5.56 Å². The highest BCUT2D eigenvalue weighted by Crippen LogP contribution is 2.12. The fourth-order valence-electron chi connectivity index (χ4n) is 1.92. The number of aliphatic hydroxyl groups is 1. The normalized spacial score (nSPS) is 20.5. The van der Waals surface area contributed by atoms with Crippen LogP contribution in [0, 0.1) is 5.82 Å². The van der Waals surface area contributed by atoms with E-state index >= 15 is 0 Å². The molecule has 0 aliphatic carbocycles. The summed E-state index contributed by atoms with van der Waals surface area (Å²) in [4.78, 5) is 13.0. The second-order valence-corrected chi connectivity index (χ2v) is 4.08. The van der Waals surface area contributed by atoms with Crippen molar-refractivity contribution in [3.05, 3.63) is 35.6 Å². The van der Waals surface area contributed by atoms with Crippen LogP contribution in [-0.2, 0) is 11.2 Å². The summed E-state index contributed by atoms with van der Waals surface area (Å²) in [7, 11) is 0. The van der Waals surface area contributed by atoms with E-state index < -0.39 is 6.10 Å². The first-order valence-corrected chi connectivity index (χ1v) is 5.35. The third-order valence-electron chi connectivity index (χ3n) is 2.75. The number of aliphatic hydroxyl groups excluding tert-OH is 1. The number of benzene rings is 1. The topological polar surface area (TPSA) is 40.5 Å². The van der Waals surface area contributed by atoms with Gasteiger partial charge in [0.1, 0.15) is 5.82 Å². The van der Waals surface area contributed by atoms with E-state index in [1.54, 1.807) is 11.0 Å². The molecule has 16 heavy (non-hydrogen) atoms. The molecule has 1 unspecified atom stereocenters. The maximum absolute atomic E-state index is 12.9. The summed E-state index contributed by atoms with van der Waals surface area (Å²) in [5.74, 6) is -0.283. The number of amides is 1. The summed E-state index contributed by atoms with van der Waals surface area (Å²) in [6.45, 7) is 0.938. The lowest BCUT2D eigenvalue weighted by Gasteiger charge is -2.15. The number of carbonyl (C=O) groups is 1. The number of hydrogen-bond donors (Lipinski definition) is 1. The van der Waals surface area contributed by atoms with Gasteiger partial charge in [-0.1, -0.05) is 12.1 Å². The van der Waals surface area contributed by atoms with Crippen molar-refractivity contribution >= 4 is 5.91 Å². The zero-order valence-electron chi connectivity index (χ0n) is 8.90. The van der Waals surface area contributed by atoms with E-state index in [2.05, 4.69) is 0 Å². The largest absolute Gasteiger partial charge is 0.391 e. The van der Waals surface area contributed by atoms with E-state index in [9.17, 15) is 14.3 Å². The Kier molecular flexibility index (Phi) is 3.19. The maximum atomic E-state index is 12.9. The molecule has 1 aliphatic rings. The Balaban J connectivity index is 1.90. The maximum Gasteiger partial charge on any atom is 0.225 e. The standard InChI is InChI=1S/C12H14FNO2/c13-10-3-1-2-9(6-10)4-5-14-8-11(15)7-12(14)16/h1-3,6,11,15H,4-5,7-8H2. The number of carbonyl (C=O) groups excluding carboxylic acids is 1. The zero-order valence-corrected chi connectivity index (χ0v) is 8.90. The number of rotatable bonds is 3. The van der Waals surface area contributed by atoms with E-state index in [-0.39, 0.29) is 18.1 Å². The van der Waals surface area contributed by atoms with E-state index in [4.69, 9.17) is 0 Å². The van der Waals surface area contributed by atoms with Crippen molar-refractivity contribution in [1.29, 1.82) is 0 Å². The van der Waals surface area contributed by atoms with Crippen LogP contribution < -0.4 is 0 Å². The second-order valence-electron chi connectivity index (χ2n) is 4.08. The summed E-state index contributed by atoms with van der Waals surface area (Å²) in [5, 5.41) is 9.29. The van der Waals surface area contributed by atoms with Crippen molar-refractivity contribution in [3.63, 3.8) is 0 Å². The van der Waals surface area contributed by atoms with Gasteiger partial charge >= 0.3 is 0 Å². The molecule has 1 aromatic carbocycles. The van der Waals surface area contributed by atoms with Crippen LogP contribution in [0.4, 0.5) is 4.39 Å². The Hall–Kier alpha value is -1.42. The third-order valence-corrected chi connectivity index (χ3v) is 2.75. The lowest BCUT2D eigenvalue weighted by molar-refractivity contribution is -0.127. The zero-order chi connectivity index (χ0) is 11.5. The molecule has 0 bridgehead atoms. The SMILES string of the molecule is O=C1CC(O)CN1CCc1cccc(F)c1. The molecule has 1 aromatic rings. The summed E-state index contributed by atoms with van der Waals surface area (Å²) >= 11 is 0. The van der Waals surface area contributed by atoms with Crippen LogP contribution in [0.5, 0.6) is 0 Å². The lowest BCUT2D eigenvalue weighted by atomic mass is 10.1. The van der Waals surface area contributed by atoms with Crippen LogP contribution in [0.1, 0.15) is 12.0 Å². The summed E-state index contributed by atoms with van der Waals surface area (Å²) in [5.41, 5.74) is 0.870. The van der Waals surface area contributed by atoms with Crippen LogP contribution >= 0.6 is 0 Å². The van der Waals surface area contributed by atoms with Crippen molar-refractivity contribution in [2.24, 2.45) is 0 Å². The summed E-state index contributed by atoms with van der Waals surface area (Å²) in [6, 6.07) is 6.36. The number of likely N-dealkylation sites (tertiary alicyclic amines) is 1. The molecular weight excluding hydrogens is 209 g/mol. The molecule has 1 heterocycles. The van der Waals surface area contributed by atoms with Gasteiger partial charge in [-0.25, -0.2) is 4.39 Å². The van der Waals surface area contributed by atoms with Gasteiger partial charge in [0, 0.05) is 13.1 Å². The average molecular weight is 223 g/mol. The van der Waals surface area contributed by atoms with Gasteiger partial charge < -0.3 is 10.0 Å². The Labute approximate surface area is 93.5 Å². The molecule has 0 spiro atoms. The van der Waals surface area contributed by atoms with Gasteiger partial charge in [-0.3, -0.25) is 4.79 Å². The molecule has 0 aromatic heterocycles. The molecule has 1 fully saturated rings. The highest BCUT2D eigenvalue weighted by atomic mass is 19.1. The second kappa shape index (κ2) is 4.61. The lowest BCUT2D eigenvalue weighted by Crippen LogP contribution is -2.28. The predicted molar refractivity (Wildman–Crippen MR) is 57.3 cm³/mol. The minimum atomic E-state index is -0.542. The van der Waals surface area contributed by atoms with Crippen molar-refractivity contribution in [2.45, 2.75) is 18.9 Å². The van der Waals surface area contributed by atoms with Gasteiger partial charge in [-0.2, -0.15) is 0 Å². The fourth-order valence-corrected chi connectivity index (χ4v) is 1.92. The first-order valence-electron chi connectivity index (χ1n) is 5.35. The summed E-state index contributed by atoms with van der Waals surface area (Å²) in [6.07, 6.45) is 0.291. The molecule has 1 aliphatic heterocycles. The molecule has 0 saturated carbocycles. The van der Waals surface area contributed by atoms with Gasteiger partial charge in [0.15, 0.2) is 0 Å². The molecule has 2 rings (SSSR count). The minimum absolute atomic E-state index is 0.0242. The highest BCUT2D eigenvalue weighted by Gasteiger charge is 2.27. The van der Waals surface area contributed by atoms with Crippen molar-refractivity contribution < 1.29 is 14.3 Å². The number of halogens is 1. The molecular formula is C12H14FNO2. The van der Waals surface area contributed by atoms with Gasteiger partial charge in [0.05, 0.1) is 12.5 Å². The molecule has 0 radical (unpaired) electrons. The Bertz CT molecular complexity index is 394.